The van der Waals surface area contributed by atoms with Crippen LogP contribution in [-0.2, 0) is 20.0 Å². The molecule has 0 amide bonds. The zero-order valence-electron chi connectivity index (χ0n) is 20.9. The highest BCUT2D eigenvalue weighted by molar-refractivity contribution is 7.92. The molecule has 0 atom stereocenters. The van der Waals surface area contributed by atoms with Crippen LogP contribution in [0.4, 0.5) is 5.69 Å². The molecular weight excluding hydrogens is 500 g/mol. The predicted octanol–water partition coefficient (Wildman–Crippen LogP) is 4.22. The Bertz CT molecular complexity index is 1510. The van der Waals surface area contributed by atoms with E-state index in [0.717, 1.165) is 25.7 Å². The maximum atomic E-state index is 13.6. The van der Waals surface area contributed by atoms with Gasteiger partial charge in [0.25, 0.3) is 0 Å². The number of nitrogens with zero attached hydrogens (tertiary/aromatic N) is 2. The van der Waals surface area contributed by atoms with Crippen molar-refractivity contribution < 1.29 is 21.6 Å². The van der Waals surface area contributed by atoms with E-state index in [0.29, 0.717) is 16.6 Å². The van der Waals surface area contributed by atoms with Crippen LogP contribution in [0.3, 0.4) is 0 Å². The molecule has 1 aliphatic rings. The smallest absolute Gasteiger partial charge is 0.241 e. The lowest BCUT2D eigenvalue weighted by Crippen LogP contribution is -2.40. The van der Waals surface area contributed by atoms with Gasteiger partial charge in [0.1, 0.15) is 5.69 Å². The van der Waals surface area contributed by atoms with Crippen molar-refractivity contribution in [2.45, 2.75) is 69.9 Å². The molecule has 4 rings (SSSR count). The van der Waals surface area contributed by atoms with Crippen LogP contribution < -0.4 is 9.44 Å². The molecule has 11 heteroatoms. The van der Waals surface area contributed by atoms with Crippen molar-refractivity contribution in [2.75, 3.05) is 10.5 Å². The number of aromatic nitrogens is 2. The summed E-state index contributed by atoms with van der Waals surface area (Å²) in [5.74, 6) is -0.452. The molecule has 9 nitrogen and oxygen atoms in total. The number of nitrogens with one attached hydrogen (secondary N) is 2. The van der Waals surface area contributed by atoms with Crippen molar-refractivity contribution >= 4 is 42.4 Å². The van der Waals surface area contributed by atoms with Gasteiger partial charge in [-0.3, -0.25) is 14.2 Å². The molecule has 2 aromatic carbocycles. The van der Waals surface area contributed by atoms with Crippen LogP contribution in [-0.4, -0.2) is 43.7 Å². The second-order valence-electron chi connectivity index (χ2n) is 10.2. The van der Waals surface area contributed by atoms with E-state index in [-0.39, 0.29) is 27.9 Å². The molecule has 0 bridgehead atoms. The lowest BCUT2D eigenvalue weighted by atomic mass is 10.1. The quantitative estimate of drug-likeness (QED) is 0.418. The van der Waals surface area contributed by atoms with Crippen LogP contribution >= 0.6 is 0 Å². The average Bonchev–Trinajstić information content (AvgIpc) is 3.45. The zero-order chi connectivity index (χ0) is 26.3. The van der Waals surface area contributed by atoms with Crippen LogP contribution in [0, 0.1) is 0 Å². The third kappa shape index (κ3) is 5.63. The highest BCUT2D eigenvalue weighted by Crippen LogP contribution is 2.34. The third-order valence-electron chi connectivity index (χ3n) is 6.09. The van der Waals surface area contributed by atoms with E-state index in [1.54, 1.807) is 52.0 Å². The van der Waals surface area contributed by atoms with Gasteiger partial charge in [0.15, 0.2) is 0 Å². The first-order valence-electron chi connectivity index (χ1n) is 12.0. The lowest BCUT2D eigenvalue weighted by molar-refractivity contribution is 0.103. The van der Waals surface area contributed by atoms with Crippen molar-refractivity contribution in [3.63, 3.8) is 0 Å². The van der Waals surface area contributed by atoms with Crippen molar-refractivity contribution in [3.8, 4) is 0 Å². The number of sulfonamides is 2. The summed E-state index contributed by atoms with van der Waals surface area (Å²) in [5.41, 5.74) is 0.816. The van der Waals surface area contributed by atoms with E-state index < -0.39 is 31.4 Å². The number of carbonyl (C=O) groups is 1. The maximum absolute atomic E-state index is 13.6. The molecule has 1 fully saturated rings. The van der Waals surface area contributed by atoms with Crippen molar-refractivity contribution in [3.05, 3.63) is 53.7 Å². The summed E-state index contributed by atoms with van der Waals surface area (Å²) in [6.45, 7) is 6.80. The SMILES string of the molecule is CCS(=O)(=O)Nc1ccc2c(C(=O)c3cccc(S(=O)(=O)NC(C)(C)C)c3)nn(C3CCCC3)c2c1. The Balaban J connectivity index is 1.78. The standard InChI is InChI=1S/C25H32N4O5S2/c1-5-35(31,32)27-18-13-14-21-22(16-18)29(19-10-6-7-11-19)26-23(21)24(30)17-9-8-12-20(15-17)36(33,34)28-25(2,3)4/h8-9,12-16,19,27-28H,5-7,10-11H2,1-4H3. The fraction of sp³-hybridized carbons (Fsp3) is 0.440. The molecular formula is C25H32N4O5S2. The molecule has 1 heterocycles. The molecule has 3 aromatic rings. The summed E-state index contributed by atoms with van der Waals surface area (Å²) in [4.78, 5) is 13.6. The molecule has 0 spiro atoms. The Morgan fingerprint density at radius 2 is 1.75 bits per heavy atom. The summed E-state index contributed by atoms with van der Waals surface area (Å²) in [5, 5.41) is 5.27. The van der Waals surface area contributed by atoms with E-state index in [9.17, 15) is 21.6 Å². The fourth-order valence-corrected chi connectivity index (χ4v) is 6.54. The second kappa shape index (κ2) is 9.60. The van der Waals surface area contributed by atoms with Gasteiger partial charge in [-0.15, -0.1) is 0 Å². The van der Waals surface area contributed by atoms with Gasteiger partial charge in [-0.25, -0.2) is 21.6 Å². The average molecular weight is 533 g/mol. The van der Waals surface area contributed by atoms with Gasteiger partial charge in [0.2, 0.25) is 25.8 Å². The highest BCUT2D eigenvalue weighted by Gasteiger charge is 2.27. The first kappa shape index (κ1) is 26.3. The first-order valence-corrected chi connectivity index (χ1v) is 15.1. The Kier molecular flexibility index (Phi) is 7.02. The summed E-state index contributed by atoms with van der Waals surface area (Å²) in [6, 6.07) is 11.0. The highest BCUT2D eigenvalue weighted by atomic mass is 32.2. The second-order valence-corrected chi connectivity index (χ2v) is 13.9. The summed E-state index contributed by atoms with van der Waals surface area (Å²) >= 11 is 0. The number of fused-ring (bicyclic) bond motifs is 1. The molecule has 36 heavy (non-hydrogen) atoms. The van der Waals surface area contributed by atoms with Gasteiger partial charge < -0.3 is 0 Å². The minimum atomic E-state index is -3.83. The van der Waals surface area contributed by atoms with Gasteiger partial charge in [-0.1, -0.05) is 25.0 Å². The molecule has 1 saturated carbocycles. The number of hydrogen-bond acceptors (Lipinski definition) is 6. The Labute approximate surface area is 212 Å². The van der Waals surface area contributed by atoms with Crippen LogP contribution in [0.15, 0.2) is 47.4 Å². The van der Waals surface area contributed by atoms with E-state index >= 15 is 0 Å². The Morgan fingerprint density at radius 3 is 2.39 bits per heavy atom. The lowest BCUT2D eigenvalue weighted by Gasteiger charge is -2.20. The Hall–Kier alpha value is -2.76. The molecule has 1 aromatic heterocycles. The van der Waals surface area contributed by atoms with Crippen molar-refractivity contribution in [1.29, 1.82) is 0 Å². The van der Waals surface area contributed by atoms with E-state index in [1.165, 1.54) is 18.2 Å². The predicted molar refractivity (Wildman–Crippen MR) is 140 cm³/mol. The molecule has 0 unspecified atom stereocenters. The van der Waals surface area contributed by atoms with Gasteiger partial charge in [0.05, 0.1) is 27.9 Å². The fourth-order valence-electron chi connectivity index (χ4n) is 4.45. The van der Waals surface area contributed by atoms with Crippen molar-refractivity contribution in [2.24, 2.45) is 0 Å². The minimum absolute atomic E-state index is 0.000866. The normalized spacial score (nSPS) is 15.4. The van der Waals surface area contributed by atoms with Gasteiger partial charge >= 0.3 is 0 Å². The van der Waals surface area contributed by atoms with Crippen LogP contribution in [0.2, 0.25) is 0 Å². The Morgan fingerprint density at radius 1 is 1.06 bits per heavy atom. The number of ketones is 1. The van der Waals surface area contributed by atoms with E-state index in [4.69, 9.17) is 0 Å². The van der Waals surface area contributed by atoms with E-state index in [2.05, 4.69) is 14.5 Å². The van der Waals surface area contributed by atoms with Gasteiger partial charge in [-0.2, -0.15) is 5.10 Å². The number of carbonyl (C=O) groups excluding carboxylic acids is 1. The molecule has 0 saturated heterocycles. The summed E-state index contributed by atoms with van der Waals surface area (Å²) in [6.07, 6.45) is 3.94. The number of rotatable bonds is 8. The topological polar surface area (TPSA) is 127 Å². The van der Waals surface area contributed by atoms with Gasteiger partial charge in [-0.05, 0) is 70.9 Å². The molecule has 2 N–H and O–H groups in total. The number of anilines is 1. The first-order chi connectivity index (χ1) is 16.8. The number of hydrogen-bond donors (Lipinski definition) is 2. The third-order valence-corrected chi connectivity index (χ3v) is 9.16. The van der Waals surface area contributed by atoms with Crippen molar-refractivity contribution in [1.82, 2.24) is 14.5 Å². The molecule has 194 valence electrons. The summed E-state index contributed by atoms with van der Waals surface area (Å²) < 4.78 is 56.8. The zero-order valence-corrected chi connectivity index (χ0v) is 22.5. The molecule has 0 radical (unpaired) electrons. The van der Waals surface area contributed by atoms with E-state index in [1.807, 2.05) is 4.68 Å². The maximum Gasteiger partial charge on any atom is 0.241 e. The van der Waals surface area contributed by atoms with Crippen LogP contribution in [0.5, 0.6) is 0 Å². The molecule has 0 aliphatic heterocycles. The monoisotopic (exact) mass is 532 g/mol. The van der Waals surface area contributed by atoms with Crippen LogP contribution in [0.25, 0.3) is 10.9 Å². The summed E-state index contributed by atoms with van der Waals surface area (Å²) in [7, 11) is -7.29. The molecule has 1 aliphatic carbocycles. The largest absolute Gasteiger partial charge is 0.287 e. The minimum Gasteiger partial charge on any atom is -0.287 e. The number of benzene rings is 2. The van der Waals surface area contributed by atoms with Crippen LogP contribution in [0.1, 0.15) is 75.5 Å². The van der Waals surface area contributed by atoms with Gasteiger partial charge in [0, 0.05) is 16.5 Å².